The molecule has 0 aliphatic carbocycles. The summed E-state index contributed by atoms with van der Waals surface area (Å²) < 4.78 is 15.9. The summed E-state index contributed by atoms with van der Waals surface area (Å²) >= 11 is 0. The Morgan fingerprint density at radius 1 is 1.03 bits per heavy atom. The van der Waals surface area contributed by atoms with E-state index in [4.69, 9.17) is 19.9 Å². The van der Waals surface area contributed by atoms with Crippen molar-refractivity contribution in [3.8, 4) is 0 Å². The van der Waals surface area contributed by atoms with Gasteiger partial charge in [0, 0.05) is 53.4 Å². The molecule has 1 heterocycles. The van der Waals surface area contributed by atoms with E-state index >= 15 is 0 Å². The van der Waals surface area contributed by atoms with E-state index in [0.717, 1.165) is 104 Å². The fraction of sp³-hybridized carbons (Fsp3) is 0.957. The minimum absolute atomic E-state index is 0.159. The summed E-state index contributed by atoms with van der Waals surface area (Å²) in [5.41, 5.74) is 5.64. The van der Waals surface area contributed by atoms with Crippen LogP contribution in [0.25, 0.3) is 0 Å². The summed E-state index contributed by atoms with van der Waals surface area (Å²) in [6.07, 6.45) is 7.01. The monoisotopic (exact) mass is 444 g/mol. The molecule has 1 fully saturated rings. The van der Waals surface area contributed by atoms with E-state index in [0.29, 0.717) is 24.9 Å². The molecule has 0 spiro atoms. The van der Waals surface area contributed by atoms with Crippen LogP contribution in [-0.2, 0) is 19.0 Å². The molecule has 0 saturated carbocycles. The lowest BCUT2D eigenvalue weighted by Crippen LogP contribution is -2.38. The zero-order valence-electron chi connectivity index (χ0n) is 20.0. The molecule has 8 heteroatoms. The van der Waals surface area contributed by atoms with Crippen LogP contribution >= 0.6 is 0 Å². The third-order valence-corrected chi connectivity index (χ3v) is 5.92. The lowest BCUT2D eigenvalue weighted by molar-refractivity contribution is -0.122. The molecule has 2 atom stereocenters. The maximum Gasteiger partial charge on any atom is 0.220 e. The van der Waals surface area contributed by atoms with Crippen LogP contribution in [-0.4, -0.2) is 97.3 Å². The van der Waals surface area contributed by atoms with Crippen molar-refractivity contribution in [2.24, 2.45) is 17.6 Å². The van der Waals surface area contributed by atoms with Crippen LogP contribution in [0.1, 0.15) is 44.9 Å². The van der Waals surface area contributed by atoms with Gasteiger partial charge >= 0.3 is 0 Å². The molecule has 0 aromatic heterocycles. The van der Waals surface area contributed by atoms with Gasteiger partial charge in [-0.25, -0.2) is 0 Å². The number of methoxy groups -OCH3 is 2. The first-order valence-electron chi connectivity index (χ1n) is 12.1. The minimum atomic E-state index is 0.159. The molecule has 2 unspecified atom stereocenters. The van der Waals surface area contributed by atoms with E-state index in [-0.39, 0.29) is 5.91 Å². The second kappa shape index (κ2) is 19.9. The van der Waals surface area contributed by atoms with Gasteiger partial charge < -0.3 is 30.6 Å². The second-order valence-electron chi connectivity index (χ2n) is 8.61. The SMILES string of the molecule is COCCNCC(CCC(CCCCN)COC)CC(=O)NCCCN1CCOCC1. The first-order chi connectivity index (χ1) is 15.2. The Hall–Kier alpha value is -0.770. The number of rotatable bonds is 20. The van der Waals surface area contributed by atoms with Gasteiger partial charge in [0.05, 0.1) is 19.8 Å². The highest BCUT2D eigenvalue weighted by atomic mass is 16.5. The van der Waals surface area contributed by atoms with Gasteiger partial charge in [0.1, 0.15) is 0 Å². The first-order valence-corrected chi connectivity index (χ1v) is 12.1. The van der Waals surface area contributed by atoms with Crippen LogP contribution in [0.3, 0.4) is 0 Å². The molecule has 31 heavy (non-hydrogen) atoms. The fourth-order valence-corrected chi connectivity index (χ4v) is 4.04. The molecule has 0 bridgehead atoms. The summed E-state index contributed by atoms with van der Waals surface area (Å²) in [7, 11) is 3.48. The number of ether oxygens (including phenoxy) is 3. The standard InChI is InChI=1S/C23H48N4O4/c1-29-15-11-25-19-22(8-7-21(20-30-2)6-3-4-9-24)18-23(28)26-10-5-12-27-13-16-31-17-14-27/h21-22,25H,3-20,24H2,1-2H3,(H,26,28). The van der Waals surface area contributed by atoms with Gasteiger partial charge in [0.2, 0.25) is 5.91 Å². The van der Waals surface area contributed by atoms with Crippen LogP contribution < -0.4 is 16.4 Å². The van der Waals surface area contributed by atoms with Gasteiger partial charge in [-0.15, -0.1) is 0 Å². The van der Waals surface area contributed by atoms with Gasteiger partial charge in [-0.3, -0.25) is 9.69 Å². The van der Waals surface area contributed by atoms with Crippen LogP contribution in [0, 0.1) is 11.8 Å². The van der Waals surface area contributed by atoms with Crippen molar-refractivity contribution in [3.63, 3.8) is 0 Å². The van der Waals surface area contributed by atoms with E-state index in [2.05, 4.69) is 15.5 Å². The Kier molecular flexibility index (Phi) is 18.1. The third-order valence-electron chi connectivity index (χ3n) is 5.92. The summed E-state index contributed by atoms with van der Waals surface area (Å²) in [6.45, 7) is 9.26. The Balaban J connectivity index is 2.34. The predicted octanol–water partition coefficient (Wildman–Crippen LogP) is 1.24. The number of carbonyl (C=O) groups is 1. The van der Waals surface area contributed by atoms with Crippen molar-refractivity contribution >= 4 is 5.91 Å². The predicted molar refractivity (Wildman–Crippen MR) is 125 cm³/mol. The number of carbonyl (C=O) groups excluding carboxylic acids is 1. The van der Waals surface area contributed by atoms with Gasteiger partial charge in [0.15, 0.2) is 0 Å². The van der Waals surface area contributed by atoms with E-state index in [1.807, 2.05) is 0 Å². The summed E-state index contributed by atoms with van der Waals surface area (Å²) in [4.78, 5) is 14.9. The maximum atomic E-state index is 12.5. The zero-order chi connectivity index (χ0) is 22.6. The van der Waals surface area contributed by atoms with Gasteiger partial charge in [-0.05, 0) is 63.6 Å². The molecule has 184 valence electrons. The molecule has 4 N–H and O–H groups in total. The van der Waals surface area contributed by atoms with Crippen molar-refractivity contribution in [1.29, 1.82) is 0 Å². The van der Waals surface area contributed by atoms with Crippen molar-refractivity contribution in [3.05, 3.63) is 0 Å². The Labute approximate surface area is 189 Å². The lowest BCUT2D eigenvalue weighted by atomic mass is 9.90. The van der Waals surface area contributed by atoms with Crippen molar-refractivity contribution < 1.29 is 19.0 Å². The number of hydrogen-bond donors (Lipinski definition) is 3. The molecule has 8 nitrogen and oxygen atoms in total. The molecular weight excluding hydrogens is 396 g/mol. The summed E-state index contributed by atoms with van der Waals surface area (Å²) in [6, 6.07) is 0. The van der Waals surface area contributed by atoms with Crippen LogP contribution in [0.2, 0.25) is 0 Å². The quantitative estimate of drug-likeness (QED) is 0.243. The highest BCUT2D eigenvalue weighted by molar-refractivity contribution is 5.76. The van der Waals surface area contributed by atoms with Crippen molar-refractivity contribution in [2.75, 3.05) is 86.5 Å². The average Bonchev–Trinajstić information content (AvgIpc) is 2.78. The fourth-order valence-electron chi connectivity index (χ4n) is 4.04. The molecule has 1 amide bonds. The first kappa shape index (κ1) is 28.3. The Morgan fingerprint density at radius 2 is 1.81 bits per heavy atom. The molecule has 0 radical (unpaired) electrons. The topological polar surface area (TPSA) is 98.1 Å². The average molecular weight is 445 g/mol. The highest BCUT2D eigenvalue weighted by Gasteiger charge is 2.17. The smallest absolute Gasteiger partial charge is 0.220 e. The highest BCUT2D eigenvalue weighted by Crippen LogP contribution is 2.20. The second-order valence-corrected chi connectivity index (χ2v) is 8.61. The number of nitrogens with two attached hydrogens (primary N) is 1. The summed E-state index contributed by atoms with van der Waals surface area (Å²) in [5.74, 6) is 1.02. The van der Waals surface area contributed by atoms with Crippen LogP contribution in [0.5, 0.6) is 0 Å². The Bertz CT molecular complexity index is 422. The van der Waals surface area contributed by atoms with Gasteiger partial charge in [-0.2, -0.15) is 0 Å². The number of morpholine rings is 1. The van der Waals surface area contributed by atoms with Gasteiger partial charge in [0.25, 0.3) is 0 Å². The number of unbranched alkanes of at least 4 members (excludes halogenated alkanes) is 1. The molecule has 0 aromatic rings. The molecule has 1 saturated heterocycles. The molecule has 1 aliphatic rings. The maximum absolute atomic E-state index is 12.5. The number of nitrogens with one attached hydrogen (secondary N) is 2. The van der Waals surface area contributed by atoms with Crippen LogP contribution in [0.15, 0.2) is 0 Å². The zero-order valence-corrected chi connectivity index (χ0v) is 20.0. The van der Waals surface area contributed by atoms with Crippen LogP contribution in [0.4, 0.5) is 0 Å². The minimum Gasteiger partial charge on any atom is -0.384 e. The molecule has 1 rings (SSSR count). The van der Waals surface area contributed by atoms with Gasteiger partial charge in [-0.1, -0.05) is 6.42 Å². The van der Waals surface area contributed by atoms with E-state index in [1.54, 1.807) is 14.2 Å². The van der Waals surface area contributed by atoms with E-state index in [9.17, 15) is 4.79 Å². The molecule has 0 aromatic carbocycles. The normalized spacial score (nSPS) is 16.9. The number of hydrogen-bond acceptors (Lipinski definition) is 7. The van der Waals surface area contributed by atoms with Crippen molar-refractivity contribution in [2.45, 2.75) is 44.9 Å². The lowest BCUT2D eigenvalue weighted by Gasteiger charge is -2.26. The van der Waals surface area contributed by atoms with E-state index in [1.165, 1.54) is 0 Å². The largest absolute Gasteiger partial charge is 0.384 e. The molecule has 1 aliphatic heterocycles. The number of amides is 1. The van der Waals surface area contributed by atoms with E-state index < -0.39 is 0 Å². The summed E-state index contributed by atoms with van der Waals surface area (Å²) in [5, 5.41) is 6.56. The third kappa shape index (κ3) is 15.6. The Morgan fingerprint density at radius 3 is 2.52 bits per heavy atom. The molecular formula is C23H48N4O4. The number of nitrogens with zero attached hydrogens (tertiary/aromatic N) is 1. The van der Waals surface area contributed by atoms with Crippen molar-refractivity contribution in [1.82, 2.24) is 15.5 Å².